The second-order valence-corrected chi connectivity index (χ2v) is 5.34. The Labute approximate surface area is 127 Å². The van der Waals surface area contributed by atoms with E-state index in [1.165, 1.54) is 25.1 Å². The Kier molecular flexibility index (Phi) is 5.22. The molecule has 0 aliphatic heterocycles. The van der Waals surface area contributed by atoms with Crippen LogP contribution >= 0.6 is 0 Å². The maximum Gasteiger partial charge on any atom is 0.164 e. The van der Waals surface area contributed by atoms with Crippen molar-refractivity contribution < 1.29 is 17.6 Å². The fourth-order valence-electron chi connectivity index (χ4n) is 2.54. The Morgan fingerprint density at radius 3 is 2.27 bits per heavy atom. The van der Waals surface area contributed by atoms with E-state index in [0.717, 1.165) is 6.07 Å². The zero-order valence-electron chi connectivity index (χ0n) is 12.5. The van der Waals surface area contributed by atoms with Gasteiger partial charge in [-0.3, -0.25) is 0 Å². The summed E-state index contributed by atoms with van der Waals surface area (Å²) in [5.41, 5.74) is -0.0354. The molecule has 0 bridgehead atoms. The molecule has 0 saturated heterocycles. The highest BCUT2D eigenvalue weighted by molar-refractivity contribution is 5.37. The molecule has 0 amide bonds. The van der Waals surface area contributed by atoms with Crippen LogP contribution in [-0.2, 0) is 6.42 Å². The van der Waals surface area contributed by atoms with Gasteiger partial charge in [0.05, 0.1) is 0 Å². The van der Waals surface area contributed by atoms with E-state index in [4.69, 9.17) is 0 Å². The van der Waals surface area contributed by atoms with Crippen LogP contribution in [0.3, 0.4) is 0 Å². The summed E-state index contributed by atoms with van der Waals surface area (Å²) in [6, 6.07) is 8.22. The third-order valence-electron chi connectivity index (χ3n) is 3.73. The largest absolute Gasteiger partial charge is 0.239 e. The minimum absolute atomic E-state index is 0.318. The molecule has 0 heterocycles. The highest BCUT2D eigenvalue weighted by Gasteiger charge is 2.30. The van der Waals surface area contributed by atoms with E-state index in [1.807, 2.05) is 6.92 Å². The minimum atomic E-state index is -2.24. The lowest BCUT2D eigenvalue weighted by atomic mass is 9.93. The summed E-state index contributed by atoms with van der Waals surface area (Å²) in [5, 5.41) is 0. The van der Waals surface area contributed by atoms with Crippen molar-refractivity contribution in [1.29, 1.82) is 0 Å². The van der Waals surface area contributed by atoms with E-state index in [1.54, 1.807) is 12.1 Å². The Balaban J connectivity index is 2.43. The fourth-order valence-corrected chi connectivity index (χ4v) is 2.54. The summed E-state index contributed by atoms with van der Waals surface area (Å²) in [7, 11) is 0. The van der Waals surface area contributed by atoms with Crippen LogP contribution in [0.25, 0.3) is 0 Å². The summed E-state index contributed by atoms with van der Waals surface area (Å²) in [6.45, 7) is 3.40. The molecule has 118 valence electrons. The molecule has 0 fully saturated rings. The van der Waals surface area contributed by atoms with Crippen LogP contribution in [0.1, 0.15) is 47.9 Å². The monoisotopic (exact) mass is 310 g/mol. The highest BCUT2D eigenvalue weighted by Crippen LogP contribution is 2.39. The topological polar surface area (TPSA) is 0 Å². The molecule has 0 radical (unpaired) electrons. The number of alkyl halides is 2. The van der Waals surface area contributed by atoms with Crippen molar-refractivity contribution in [2.24, 2.45) is 0 Å². The average molecular weight is 310 g/mol. The van der Waals surface area contributed by atoms with E-state index in [-0.39, 0.29) is 5.56 Å². The first kappa shape index (κ1) is 16.5. The first-order valence-electron chi connectivity index (χ1n) is 7.27. The number of aryl methyl sites for hydroxylation is 2. The predicted molar refractivity (Wildman–Crippen MR) is 79.2 cm³/mol. The number of rotatable bonds is 5. The number of halogens is 4. The summed E-state index contributed by atoms with van der Waals surface area (Å²) in [5.74, 6) is -1.56. The molecule has 0 aliphatic rings. The van der Waals surface area contributed by atoms with Crippen LogP contribution < -0.4 is 0 Å². The molecule has 4 heteroatoms. The van der Waals surface area contributed by atoms with Gasteiger partial charge in [-0.25, -0.2) is 17.6 Å². The fraction of sp³-hybridized carbons (Fsp3) is 0.333. The molecule has 0 aromatic heterocycles. The van der Waals surface area contributed by atoms with Gasteiger partial charge in [-0.15, -0.1) is 0 Å². The van der Waals surface area contributed by atoms with Crippen molar-refractivity contribution in [3.8, 4) is 0 Å². The second kappa shape index (κ2) is 6.95. The standard InChI is InChI=1S/C18H18F4/c1-3-6-12-10-9-11(2)15(16(12)20)18(22)17(21)13-7-4-5-8-14(13)19/h4-5,7-10,17-18H,3,6H2,1-2H3. The number of benzene rings is 2. The van der Waals surface area contributed by atoms with Crippen molar-refractivity contribution >= 4 is 0 Å². The lowest BCUT2D eigenvalue weighted by molar-refractivity contribution is 0.162. The maximum absolute atomic E-state index is 14.6. The normalized spacial score (nSPS) is 13.9. The van der Waals surface area contributed by atoms with Gasteiger partial charge in [-0.2, -0.15) is 0 Å². The van der Waals surface area contributed by atoms with Crippen molar-refractivity contribution in [2.75, 3.05) is 0 Å². The van der Waals surface area contributed by atoms with Crippen LogP contribution in [0, 0.1) is 18.6 Å². The summed E-state index contributed by atoms with van der Waals surface area (Å²) in [6.07, 6.45) is -3.34. The third-order valence-corrected chi connectivity index (χ3v) is 3.73. The summed E-state index contributed by atoms with van der Waals surface area (Å²) < 4.78 is 57.0. The highest BCUT2D eigenvalue weighted by atomic mass is 19.2. The van der Waals surface area contributed by atoms with E-state index >= 15 is 0 Å². The van der Waals surface area contributed by atoms with Crippen molar-refractivity contribution in [3.63, 3.8) is 0 Å². The molecule has 2 aromatic rings. The Morgan fingerprint density at radius 1 is 0.955 bits per heavy atom. The molecule has 2 rings (SSSR count). The van der Waals surface area contributed by atoms with Crippen LogP contribution in [-0.4, -0.2) is 0 Å². The summed E-state index contributed by atoms with van der Waals surface area (Å²) >= 11 is 0. The molecule has 0 spiro atoms. The van der Waals surface area contributed by atoms with E-state index in [2.05, 4.69) is 0 Å². The zero-order chi connectivity index (χ0) is 16.3. The van der Waals surface area contributed by atoms with Gasteiger partial charge in [-0.1, -0.05) is 43.7 Å². The van der Waals surface area contributed by atoms with Crippen molar-refractivity contribution in [3.05, 3.63) is 70.3 Å². The summed E-state index contributed by atoms with van der Waals surface area (Å²) in [4.78, 5) is 0. The molecule has 0 N–H and O–H groups in total. The van der Waals surface area contributed by atoms with Crippen molar-refractivity contribution in [1.82, 2.24) is 0 Å². The molecule has 0 aliphatic carbocycles. The smallest absolute Gasteiger partial charge is 0.164 e. The Hall–Kier alpha value is -1.84. The lowest BCUT2D eigenvalue weighted by Crippen LogP contribution is -2.10. The van der Waals surface area contributed by atoms with E-state index in [9.17, 15) is 17.6 Å². The number of hydrogen-bond acceptors (Lipinski definition) is 0. The van der Waals surface area contributed by atoms with Crippen LogP contribution in [0.2, 0.25) is 0 Å². The second-order valence-electron chi connectivity index (χ2n) is 5.34. The van der Waals surface area contributed by atoms with Gasteiger partial charge in [0.15, 0.2) is 12.3 Å². The van der Waals surface area contributed by atoms with Gasteiger partial charge in [0.2, 0.25) is 0 Å². The molecular formula is C18H18F4. The van der Waals surface area contributed by atoms with Gasteiger partial charge in [0.25, 0.3) is 0 Å². The Morgan fingerprint density at radius 2 is 1.64 bits per heavy atom. The third kappa shape index (κ3) is 3.16. The average Bonchev–Trinajstić information content (AvgIpc) is 2.50. The van der Waals surface area contributed by atoms with Gasteiger partial charge >= 0.3 is 0 Å². The molecule has 0 nitrogen and oxygen atoms in total. The SMILES string of the molecule is CCCc1ccc(C)c(C(F)C(F)c2ccccc2F)c1F. The molecule has 0 saturated carbocycles. The first-order chi connectivity index (χ1) is 10.5. The van der Waals surface area contributed by atoms with Gasteiger partial charge < -0.3 is 0 Å². The first-order valence-corrected chi connectivity index (χ1v) is 7.27. The molecular weight excluding hydrogens is 292 g/mol. The lowest BCUT2D eigenvalue weighted by Gasteiger charge is -2.19. The minimum Gasteiger partial charge on any atom is -0.239 e. The van der Waals surface area contributed by atoms with Crippen LogP contribution in [0.4, 0.5) is 17.6 Å². The molecule has 2 unspecified atom stereocenters. The Bertz CT molecular complexity index is 652. The predicted octanol–water partition coefficient (Wildman–Crippen LogP) is 5.95. The molecule has 2 aromatic carbocycles. The zero-order valence-corrected chi connectivity index (χ0v) is 12.5. The molecule has 22 heavy (non-hydrogen) atoms. The van der Waals surface area contributed by atoms with Crippen LogP contribution in [0.5, 0.6) is 0 Å². The molecule has 2 atom stereocenters. The quantitative estimate of drug-likeness (QED) is 0.599. The van der Waals surface area contributed by atoms with Gasteiger partial charge in [-0.05, 0) is 30.5 Å². The van der Waals surface area contributed by atoms with E-state index in [0.29, 0.717) is 24.0 Å². The van der Waals surface area contributed by atoms with Crippen LogP contribution in [0.15, 0.2) is 36.4 Å². The number of hydrogen-bond donors (Lipinski definition) is 0. The van der Waals surface area contributed by atoms with Crippen molar-refractivity contribution in [2.45, 2.75) is 39.0 Å². The maximum atomic E-state index is 14.6. The van der Waals surface area contributed by atoms with Gasteiger partial charge in [0, 0.05) is 11.1 Å². The van der Waals surface area contributed by atoms with Gasteiger partial charge in [0.1, 0.15) is 11.6 Å². The van der Waals surface area contributed by atoms with E-state index < -0.39 is 29.5 Å².